The van der Waals surface area contributed by atoms with Crippen LogP contribution < -0.4 is 16.6 Å². The predicted octanol–water partition coefficient (Wildman–Crippen LogP) is 1.29. The summed E-state index contributed by atoms with van der Waals surface area (Å²) in [5, 5.41) is 13.1. The largest absolute Gasteiger partial charge is 0.365 e. The summed E-state index contributed by atoms with van der Waals surface area (Å²) in [4.78, 5) is 45.4. The highest BCUT2D eigenvalue weighted by atomic mass is 35.5. The lowest BCUT2D eigenvalue weighted by atomic mass is 10.2. The van der Waals surface area contributed by atoms with Gasteiger partial charge in [-0.05, 0) is 18.2 Å². The number of hydrogen-bond acceptors (Lipinski definition) is 5. The number of rotatable bonds is 5. The summed E-state index contributed by atoms with van der Waals surface area (Å²) in [5.41, 5.74) is 2.93. The van der Waals surface area contributed by atoms with Gasteiger partial charge in [-0.2, -0.15) is 0 Å². The number of carbonyl (C=O) groups excluding carboxylic acids is 2. The van der Waals surface area contributed by atoms with Crippen LogP contribution in [0, 0.1) is 15.9 Å². The number of primary amides is 1. The third kappa shape index (κ3) is 4.18. The number of aromatic nitrogens is 1. The molecular formula is C14H10ClFN4O5. The molecule has 0 saturated heterocycles. The van der Waals surface area contributed by atoms with Crippen molar-refractivity contribution >= 4 is 34.8 Å². The van der Waals surface area contributed by atoms with Crippen LogP contribution in [0.15, 0.2) is 35.3 Å². The van der Waals surface area contributed by atoms with Gasteiger partial charge in [-0.15, -0.1) is 0 Å². The monoisotopic (exact) mass is 368 g/mol. The standard InChI is InChI=1S/C14H10ClFN4O5/c15-10-3-7(16)1-2-11(10)18-12(21)6-19-5-8(20(24)25)4-9(13(17)22)14(19)23/h1-5H,6H2,(H2,17,22)(H,18,21). The first-order valence-corrected chi connectivity index (χ1v) is 7.00. The van der Waals surface area contributed by atoms with Gasteiger partial charge in [0.1, 0.15) is 17.9 Å². The number of halogens is 2. The number of nitrogens with zero attached hydrogens (tertiary/aromatic N) is 2. The maximum atomic E-state index is 13.0. The molecule has 130 valence electrons. The van der Waals surface area contributed by atoms with Crippen LogP contribution in [0.2, 0.25) is 5.02 Å². The van der Waals surface area contributed by atoms with E-state index in [1.54, 1.807) is 0 Å². The quantitative estimate of drug-likeness (QED) is 0.605. The van der Waals surface area contributed by atoms with Crippen LogP contribution in [0.5, 0.6) is 0 Å². The highest BCUT2D eigenvalue weighted by Gasteiger charge is 2.19. The Morgan fingerprint density at radius 2 is 2.04 bits per heavy atom. The van der Waals surface area contributed by atoms with Crippen LogP contribution in [0.3, 0.4) is 0 Å². The van der Waals surface area contributed by atoms with Crippen LogP contribution in [0.4, 0.5) is 15.8 Å². The van der Waals surface area contributed by atoms with Crippen molar-refractivity contribution in [3.8, 4) is 0 Å². The summed E-state index contributed by atoms with van der Waals surface area (Å²) in [6, 6.07) is 3.98. The molecular weight excluding hydrogens is 359 g/mol. The van der Waals surface area contributed by atoms with Gasteiger partial charge < -0.3 is 11.1 Å². The minimum absolute atomic E-state index is 0.0717. The average molecular weight is 369 g/mol. The smallest absolute Gasteiger partial charge is 0.286 e. The molecule has 0 aliphatic carbocycles. The Hall–Kier alpha value is -3.27. The molecule has 1 aromatic carbocycles. The van der Waals surface area contributed by atoms with Crippen molar-refractivity contribution in [2.45, 2.75) is 6.54 Å². The molecule has 2 aromatic rings. The Morgan fingerprint density at radius 1 is 1.36 bits per heavy atom. The molecule has 0 aliphatic rings. The van der Waals surface area contributed by atoms with E-state index >= 15 is 0 Å². The van der Waals surface area contributed by atoms with E-state index in [1.165, 1.54) is 6.07 Å². The Kier molecular flexibility index (Phi) is 5.13. The first kappa shape index (κ1) is 18.1. The maximum absolute atomic E-state index is 13.0. The first-order chi connectivity index (χ1) is 11.7. The number of anilines is 1. The molecule has 0 bridgehead atoms. The number of nitrogens with one attached hydrogen (secondary N) is 1. The molecule has 0 saturated carbocycles. The molecule has 0 atom stereocenters. The van der Waals surface area contributed by atoms with E-state index in [9.17, 15) is 28.9 Å². The lowest BCUT2D eigenvalue weighted by Gasteiger charge is -2.09. The Bertz CT molecular complexity index is 943. The molecule has 2 amide bonds. The van der Waals surface area contributed by atoms with E-state index in [2.05, 4.69) is 5.32 Å². The van der Waals surface area contributed by atoms with E-state index in [0.29, 0.717) is 4.57 Å². The Balaban J connectivity index is 2.32. The summed E-state index contributed by atoms with van der Waals surface area (Å²) in [7, 11) is 0. The van der Waals surface area contributed by atoms with Gasteiger partial charge in [0.05, 0.1) is 21.8 Å². The highest BCUT2D eigenvalue weighted by molar-refractivity contribution is 6.33. The van der Waals surface area contributed by atoms with Gasteiger partial charge in [-0.1, -0.05) is 11.6 Å². The van der Waals surface area contributed by atoms with Crippen molar-refractivity contribution in [1.29, 1.82) is 0 Å². The van der Waals surface area contributed by atoms with Crippen molar-refractivity contribution in [2.24, 2.45) is 5.73 Å². The van der Waals surface area contributed by atoms with Crippen LogP contribution >= 0.6 is 11.6 Å². The molecule has 0 radical (unpaired) electrons. The second-order valence-electron chi connectivity index (χ2n) is 4.84. The Morgan fingerprint density at radius 3 is 2.60 bits per heavy atom. The zero-order valence-corrected chi connectivity index (χ0v) is 13.1. The second kappa shape index (κ2) is 7.09. The maximum Gasteiger partial charge on any atom is 0.286 e. The molecule has 1 aromatic heterocycles. The zero-order valence-electron chi connectivity index (χ0n) is 12.4. The molecule has 11 heteroatoms. The summed E-state index contributed by atoms with van der Waals surface area (Å²) < 4.78 is 13.6. The number of benzene rings is 1. The van der Waals surface area contributed by atoms with Crippen molar-refractivity contribution in [3.05, 3.63) is 67.3 Å². The van der Waals surface area contributed by atoms with Crippen molar-refractivity contribution < 1.29 is 18.9 Å². The van der Waals surface area contributed by atoms with Crippen molar-refractivity contribution in [3.63, 3.8) is 0 Å². The summed E-state index contributed by atoms with van der Waals surface area (Å²) >= 11 is 5.77. The third-order valence-corrected chi connectivity index (χ3v) is 3.38. The highest BCUT2D eigenvalue weighted by Crippen LogP contribution is 2.22. The minimum atomic E-state index is -1.16. The third-order valence-electron chi connectivity index (χ3n) is 3.07. The fraction of sp³-hybridized carbons (Fsp3) is 0.0714. The SMILES string of the molecule is NC(=O)c1cc([N+](=O)[O-])cn(CC(=O)Nc2ccc(F)cc2Cl)c1=O. The number of nitrogens with two attached hydrogens (primary N) is 1. The normalized spacial score (nSPS) is 10.3. The summed E-state index contributed by atoms with van der Waals surface area (Å²) in [5.74, 6) is -2.54. The lowest BCUT2D eigenvalue weighted by Crippen LogP contribution is -2.33. The molecule has 0 aliphatic heterocycles. The van der Waals surface area contributed by atoms with Crippen LogP contribution in [0.1, 0.15) is 10.4 Å². The average Bonchev–Trinajstić information content (AvgIpc) is 2.51. The summed E-state index contributed by atoms with van der Waals surface area (Å²) in [6.45, 7) is -0.644. The molecule has 2 rings (SSSR count). The number of nitro groups is 1. The second-order valence-corrected chi connectivity index (χ2v) is 5.25. The Labute approximate surface area is 144 Å². The van der Waals surface area contributed by atoms with E-state index < -0.39 is 45.9 Å². The molecule has 25 heavy (non-hydrogen) atoms. The molecule has 9 nitrogen and oxygen atoms in total. The van der Waals surface area contributed by atoms with Crippen LogP contribution in [-0.2, 0) is 11.3 Å². The molecule has 3 N–H and O–H groups in total. The number of pyridine rings is 1. The number of amides is 2. The fourth-order valence-corrected chi connectivity index (χ4v) is 2.16. The van der Waals surface area contributed by atoms with E-state index in [4.69, 9.17) is 17.3 Å². The van der Waals surface area contributed by atoms with Gasteiger partial charge >= 0.3 is 0 Å². The van der Waals surface area contributed by atoms with Gasteiger partial charge in [-0.3, -0.25) is 29.1 Å². The van der Waals surface area contributed by atoms with Crippen LogP contribution in [-0.4, -0.2) is 21.3 Å². The van der Waals surface area contributed by atoms with Crippen LogP contribution in [0.25, 0.3) is 0 Å². The van der Waals surface area contributed by atoms with Gasteiger partial charge in [0.25, 0.3) is 17.2 Å². The fourth-order valence-electron chi connectivity index (χ4n) is 1.95. The van der Waals surface area contributed by atoms with E-state index in [1.807, 2.05) is 0 Å². The van der Waals surface area contributed by atoms with Crippen molar-refractivity contribution in [2.75, 3.05) is 5.32 Å². The predicted molar refractivity (Wildman–Crippen MR) is 85.9 cm³/mol. The van der Waals surface area contributed by atoms with Gasteiger partial charge in [0.2, 0.25) is 5.91 Å². The molecule has 0 fully saturated rings. The summed E-state index contributed by atoms with van der Waals surface area (Å²) in [6.07, 6.45) is 0.806. The first-order valence-electron chi connectivity index (χ1n) is 6.62. The number of hydrogen-bond donors (Lipinski definition) is 2. The number of carbonyl (C=O) groups is 2. The molecule has 0 spiro atoms. The lowest BCUT2D eigenvalue weighted by molar-refractivity contribution is -0.385. The molecule has 1 heterocycles. The van der Waals surface area contributed by atoms with Crippen molar-refractivity contribution in [1.82, 2.24) is 4.57 Å². The van der Waals surface area contributed by atoms with Gasteiger partial charge in [-0.25, -0.2) is 4.39 Å². The zero-order chi connectivity index (χ0) is 18.7. The van der Waals surface area contributed by atoms with E-state index in [-0.39, 0.29) is 10.7 Å². The topological polar surface area (TPSA) is 137 Å². The van der Waals surface area contributed by atoms with Gasteiger partial charge in [0.15, 0.2) is 0 Å². The van der Waals surface area contributed by atoms with Gasteiger partial charge in [0, 0.05) is 6.07 Å². The minimum Gasteiger partial charge on any atom is -0.365 e. The molecule has 0 unspecified atom stereocenters. The van der Waals surface area contributed by atoms with E-state index in [0.717, 1.165) is 24.4 Å².